The molecule has 6 heteroatoms. The molecule has 1 fully saturated rings. The molecule has 114 valence electrons. The molecule has 0 unspecified atom stereocenters. The lowest BCUT2D eigenvalue weighted by Crippen LogP contribution is -2.27. The third kappa shape index (κ3) is 1.99. The number of nitrogens with zero attached hydrogens (tertiary/aromatic N) is 1. The highest BCUT2D eigenvalue weighted by Crippen LogP contribution is 2.32. The summed E-state index contributed by atoms with van der Waals surface area (Å²) in [4.78, 5) is 0.321. The van der Waals surface area contributed by atoms with E-state index in [0.29, 0.717) is 34.8 Å². The second-order valence-electron chi connectivity index (χ2n) is 5.63. The van der Waals surface area contributed by atoms with Crippen LogP contribution in [-0.2, 0) is 10.0 Å². The van der Waals surface area contributed by atoms with Gasteiger partial charge in [-0.1, -0.05) is 0 Å². The Morgan fingerprint density at radius 3 is 2.50 bits per heavy atom. The normalized spacial score (nSPS) is 16.7. The fourth-order valence-electron chi connectivity index (χ4n) is 3.01. The van der Waals surface area contributed by atoms with Crippen LogP contribution in [0.25, 0.3) is 21.9 Å². The molecule has 0 amide bonds. The Labute approximate surface area is 128 Å². The highest BCUT2D eigenvalue weighted by molar-refractivity contribution is 7.89. The Hall–Kier alpha value is -2.05. The zero-order chi connectivity index (χ0) is 15.3. The van der Waals surface area contributed by atoms with Crippen molar-refractivity contribution < 1.29 is 12.8 Å². The lowest BCUT2D eigenvalue weighted by molar-refractivity contribution is 0.477. The molecule has 2 heterocycles. The summed E-state index contributed by atoms with van der Waals surface area (Å²) in [6.45, 7) is 1.20. The van der Waals surface area contributed by atoms with Gasteiger partial charge in [0.1, 0.15) is 11.2 Å². The number of hydrogen-bond acceptors (Lipinski definition) is 4. The summed E-state index contributed by atoms with van der Waals surface area (Å²) in [6.07, 6.45) is 1.85. The molecule has 4 rings (SSSR count). The molecular weight excluding hydrogens is 300 g/mol. The fraction of sp³-hybridized carbons (Fsp3) is 0.250. The average Bonchev–Trinajstić information content (AvgIpc) is 3.13. The number of sulfonamides is 1. The zero-order valence-corrected chi connectivity index (χ0v) is 12.8. The van der Waals surface area contributed by atoms with Crippen LogP contribution in [0.2, 0.25) is 0 Å². The van der Waals surface area contributed by atoms with Crippen LogP contribution in [0.5, 0.6) is 0 Å². The minimum atomic E-state index is -3.42. The molecule has 0 atom stereocenters. The third-order valence-corrected chi connectivity index (χ3v) is 6.06. The van der Waals surface area contributed by atoms with E-state index in [1.54, 1.807) is 34.6 Å². The summed E-state index contributed by atoms with van der Waals surface area (Å²) < 4.78 is 32.6. The Morgan fingerprint density at radius 1 is 0.955 bits per heavy atom. The number of nitrogens with two attached hydrogens (primary N) is 1. The van der Waals surface area contributed by atoms with Gasteiger partial charge in [-0.15, -0.1) is 0 Å². The fourth-order valence-corrected chi connectivity index (χ4v) is 4.55. The molecule has 1 saturated heterocycles. The quantitative estimate of drug-likeness (QED) is 0.737. The maximum Gasteiger partial charge on any atom is 0.243 e. The summed E-state index contributed by atoms with van der Waals surface area (Å²) in [5, 5.41) is 1.68. The zero-order valence-electron chi connectivity index (χ0n) is 12.0. The highest BCUT2D eigenvalue weighted by atomic mass is 32.2. The van der Waals surface area contributed by atoms with Gasteiger partial charge in [-0.05, 0) is 43.2 Å². The molecule has 0 radical (unpaired) electrons. The number of nitrogen functional groups attached to an aromatic ring is 1. The van der Waals surface area contributed by atoms with E-state index in [9.17, 15) is 8.42 Å². The van der Waals surface area contributed by atoms with Crippen molar-refractivity contribution >= 4 is 37.6 Å². The van der Waals surface area contributed by atoms with Crippen molar-refractivity contribution in [2.75, 3.05) is 18.8 Å². The highest BCUT2D eigenvalue weighted by Gasteiger charge is 2.27. The van der Waals surface area contributed by atoms with Crippen molar-refractivity contribution in [3.05, 3.63) is 36.4 Å². The van der Waals surface area contributed by atoms with Gasteiger partial charge in [-0.25, -0.2) is 8.42 Å². The SMILES string of the molecule is Nc1ccc2c(c1)oc1ccc(S(=O)(=O)N3CCCC3)cc12. The number of rotatable bonds is 2. The molecular formula is C16H16N2O3S. The van der Waals surface area contributed by atoms with Crippen LogP contribution in [-0.4, -0.2) is 25.8 Å². The predicted octanol–water partition coefficient (Wildman–Crippen LogP) is 2.95. The molecule has 22 heavy (non-hydrogen) atoms. The van der Waals surface area contributed by atoms with Crippen LogP contribution in [0.4, 0.5) is 5.69 Å². The van der Waals surface area contributed by atoms with Crippen molar-refractivity contribution in [2.45, 2.75) is 17.7 Å². The van der Waals surface area contributed by atoms with Gasteiger partial charge in [0.05, 0.1) is 4.90 Å². The summed E-state index contributed by atoms with van der Waals surface area (Å²) in [5.74, 6) is 0. The van der Waals surface area contributed by atoms with E-state index in [2.05, 4.69) is 0 Å². The van der Waals surface area contributed by atoms with Crippen LogP contribution >= 0.6 is 0 Å². The molecule has 0 spiro atoms. The van der Waals surface area contributed by atoms with Crippen LogP contribution in [0.15, 0.2) is 45.7 Å². The first-order chi connectivity index (χ1) is 10.6. The van der Waals surface area contributed by atoms with Gasteiger partial charge in [0.2, 0.25) is 10.0 Å². The number of furan rings is 1. The molecule has 1 aliphatic heterocycles. The minimum absolute atomic E-state index is 0.321. The third-order valence-electron chi connectivity index (χ3n) is 4.17. The lowest BCUT2D eigenvalue weighted by Gasteiger charge is -2.15. The van der Waals surface area contributed by atoms with Crippen molar-refractivity contribution in [3.63, 3.8) is 0 Å². The first-order valence-electron chi connectivity index (χ1n) is 7.28. The standard InChI is InChI=1S/C16H16N2O3S/c17-11-3-5-13-14-10-12(4-6-15(14)21-16(13)9-11)22(19,20)18-7-1-2-8-18/h3-6,9-10H,1-2,7-8,17H2. The van der Waals surface area contributed by atoms with E-state index in [4.69, 9.17) is 10.2 Å². The van der Waals surface area contributed by atoms with Crippen molar-refractivity contribution in [2.24, 2.45) is 0 Å². The van der Waals surface area contributed by atoms with E-state index in [1.807, 2.05) is 6.07 Å². The van der Waals surface area contributed by atoms with Gasteiger partial charge in [0, 0.05) is 35.6 Å². The van der Waals surface area contributed by atoms with Gasteiger partial charge >= 0.3 is 0 Å². The molecule has 1 aromatic heterocycles. The molecule has 0 aliphatic carbocycles. The van der Waals surface area contributed by atoms with E-state index >= 15 is 0 Å². The number of hydrogen-bond donors (Lipinski definition) is 1. The smallest absolute Gasteiger partial charge is 0.243 e. The van der Waals surface area contributed by atoms with Gasteiger partial charge in [0.25, 0.3) is 0 Å². The Morgan fingerprint density at radius 2 is 1.73 bits per heavy atom. The van der Waals surface area contributed by atoms with E-state index in [0.717, 1.165) is 23.6 Å². The average molecular weight is 316 g/mol. The second-order valence-corrected chi connectivity index (χ2v) is 7.56. The molecule has 1 aliphatic rings. The maximum absolute atomic E-state index is 12.7. The van der Waals surface area contributed by atoms with Crippen molar-refractivity contribution in [3.8, 4) is 0 Å². The summed E-state index contributed by atoms with van der Waals surface area (Å²) >= 11 is 0. The number of benzene rings is 2. The summed E-state index contributed by atoms with van der Waals surface area (Å²) in [6, 6.07) is 10.4. The van der Waals surface area contributed by atoms with Crippen LogP contribution < -0.4 is 5.73 Å². The van der Waals surface area contributed by atoms with Gasteiger partial charge in [0.15, 0.2) is 0 Å². The molecule has 2 N–H and O–H groups in total. The Bertz CT molecular complexity index is 970. The maximum atomic E-state index is 12.7. The molecule has 2 aromatic carbocycles. The first kappa shape index (κ1) is 13.6. The van der Waals surface area contributed by atoms with Crippen LogP contribution in [0.1, 0.15) is 12.8 Å². The van der Waals surface area contributed by atoms with E-state index in [-0.39, 0.29) is 0 Å². The van der Waals surface area contributed by atoms with Crippen molar-refractivity contribution in [1.29, 1.82) is 0 Å². The van der Waals surface area contributed by atoms with Gasteiger partial charge in [-0.2, -0.15) is 4.31 Å². The molecule has 5 nitrogen and oxygen atoms in total. The van der Waals surface area contributed by atoms with Crippen LogP contribution in [0.3, 0.4) is 0 Å². The minimum Gasteiger partial charge on any atom is -0.456 e. The molecule has 0 saturated carbocycles. The molecule has 3 aromatic rings. The van der Waals surface area contributed by atoms with Crippen LogP contribution in [0, 0.1) is 0 Å². The summed E-state index contributed by atoms with van der Waals surface area (Å²) in [7, 11) is -3.42. The lowest BCUT2D eigenvalue weighted by atomic mass is 10.1. The van der Waals surface area contributed by atoms with E-state index in [1.165, 1.54) is 0 Å². The van der Waals surface area contributed by atoms with Crippen molar-refractivity contribution in [1.82, 2.24) is 4.31 Å². The first-order valence-corrected chi connectivity index (χ1v) is 8.72. The van der Waals surface area contributed by atoms with Gasteiger partial charge < -0.3 is 10.2 Å². The Kier molecular flexibility index (Phi) is 2.92. The van der Waals surface area contributed by atoms with Gasteiger partial charge in [-0.3, -0.25) is 0 Å². The summed E-state index contributed by atoms with van der Waals surface area (Å²) in [5.41, 5.74) is 7.73. The predicted molar refractivity (Wildman–Crippen MR) is 86.1 cm³/mol. The molecule has 0 bridgehead atoms. The number of anilines is 1. The largest absolute Gasteiger partial charge is 0.456 e. The number of fused-ring (bicyclic) bond motifs is 3. The van der Waals surface area contributed by atoms with E-state index < -0.39 is 10.0 Å². The second kappa shape index (κ2) is 4.72. The Balaban J connectivity index is 1.91. The monoisotopic (exact) mass is 316 g/mol. The topological polar surface area (TPSA) is 76.5 Å².